The van der Waals surface area contributed by atoms with Crippen LogP contribution >= 0.6 is 0 Å². The maximum absolute atomic E-state index is 11.4. The highest BCUT2D eigenvalue weighted by atomic mass is 16.6. The Bertz CT molecular complexity index is 686. The summed E-state index contributed by atoms with van der Waals surface area (Å²) in [5.41, 5.74) is 3.93. The summed E-state index contributed by atoms with van der Waals surface area (Å²) in [5.74, 6) is 1.92. The van der Waals surface area contributed by atoms with E-state index in [0.29, 0.717) is 23.7 Å². The van der Waals surface area contributed by atoms with Gasteiger partial charge in [-0.25, -0.2) is 0 Å². The van der Waals surface area contributed by atoms with E-state index in [-0.39, 0.29) is 10.6 Å². The van der Waals surface area contributed by atoms with Gasteiger partial charge in [0.25, 0.3) is 5.69 Å². The zero-order valence-electron chi connectivity index (χ0n) is 12.3. The number of nitrogens with zero attached hydrogens (tertiary/aromatic N) is 2. The van der Waals surface area contributed by atoms with Crippen molar-refractivity contribution >= 4 is 11.4 Å². The molecule has 4 atom stereocenters. The lowest BCUT2D eigenvalue weighted by Gasteiger charge is -2.45. The van der Waals surface area contributed by atoms with Crippen molar-refractivity contribution in [1.82, 2.24) is 0 Å². The van der Waals surface area contributed by atoms with Gasteiger partial charge in [0, 0.05) is 42.7 Å². The first-order valence-electron chi connectivity index (χ1n) is 8.13. The van der Waals surface area contributed by atoms with Gasteiger partial charge in [0.15, 0.2) is 0 Å². The van der Waals surface area contributed by atoms with Crippen LogP contribution in [-0.2, 0) is 0 Å². The number of fused-ring (bicyclic) bond motifs is 4. The molecule has 4 aliphatic rings. The standard InChI is InChI=1S/C18H18N2O2/c21-20(22)13-7-16-14-5-1-3-11(14)9-19-10-12-4-2-6-15(12)17(8-13)18(16)19/h1-2,5-8,11-12,14-15H,3-4,9-10H2/t11-,12+,14-,15-/m0/s1. The van der Waals surface area contributed by atoms with Crippen molar-refractivity contribution in [2.24, 2.45) is 11.8 Å². The van der Waals surface area contributed by atoms with Crippen molar-refractivity contribution in [2.45, 2.75) is 24.7 Å². The number of hydrogen-bond donors (Lipinski definition) is 0. The quantitative estimate of drug-likeness (QED) is 0.450. The van der Waals surface area contributed by atoms with Crippen molar-refractivity contribution in [1.29, 1.82) is 0 Å². The molecule has 0 bridgehead atoms. The topological polar surface area (TPSA) is 46.4 Å². The molecule has 22 heavy (non-hydrogen) atoms. The van der Waals surface area contributed by atoms with Gasteiger partial charge in [0.05, 0.1) is 4.92 Å². The molecule has 1 aromatic carbocycles. The lowest BCUT2D eigenvalue weighted by Crippen LogP contribution is -2.43. The molecule has 0 saturated heterocycles. The summed E-state index contributed by atoms with van der Waals surface area (Å²) in [4.78, 5) is 13.7. The van der Waals surface area contributed by atoms with E-state index in [1.165, 1.54) is 16.8 Å². The molecule has 4 heteroatoms. The van der Waals surface area contributed by atoms with Crippen LogP contribution in [0.1, 0.15) is 35.8 Å². The van der Waals surface area contributed by atoms with E-state index in [2.05, 4.69) is 29.2 Å². The minimum atomic E-state index is -0.230. The highest BCUT2D eigenvalue weighted by molar-refractivity contribution is 5.71. The summed E-state index contributed by atoms with van der Waals surface area (Å²) in [7, 11) is 0. The first-order valence-corrected chi connectivity index (χ1v) is 8.13. The molecule has 2 heterocycles. The fourth-order valence-electron chi connectivity index (χ4n) is 4.96. The Morgan fingerprint density at radius 2 is 1.55 bits per heavy atom. The first kappa shape index (κ1) is 12.4. The van der Waals surface area contributed by atoms with E-state index in [0.717, 1.165) is 25.9 Å². The molecule has 0 saturated carbocycles. The Hall–Kier alpha value is -2.10. The Kier molecular flexibility index (Phi) is 2.38. The second-order valence-electron chi connectivity index (χ2n) is 7.03. The third-order valence-electron chi connectivity index (χ3n) is 5.89. The molecule has 2 aliphatic heterocycles. The molecule has 0 N–H and O–H groups in total. The summed E-state index contributed by atoms with van der Waals surface area (Å²) < 4.78 is 0. The van der Waals surface area contributed by atoms with Crippen LogP contribution in [0.4, 0.5) is 11.4 Å². The van der Waals surface area contributed by atoms with E-state index in [4.69, 9.17) is 0 Å². The van der Waals surface area contributed by atoms with Crippen molar-refractivity contribution in [3.05, 3.63) is 57.7 Å². The average molecular weight is 294 g/mol. The SMILES string of the molecule is O=[N+]([O-])c1cc2c3c(c1)[C@H]1C=CC[C@H]1CN3C[C@H]1CC=C[C@H]21. The van der Waals surface area contributed by atoms with Crippen LogP contribution in [0.5, 0.6) is 0 Å². The maximum atomic E-state index is 11.4. The predicted octanol–water partition coefficient (Wildman–Crippen LogP) is 3.75. The van der Waals surface area contributed by atoms with Crippen molar-refractivity contribution < 1.29 is 4.92 Å². The Balaban J connectivity index is 1.77. The third kappa shape index (κ3) is 1.52. The van der Waals surface area contributed by atoms with Crippen LogP contribution in [0.3, 0.4) is 0 Å². The summed E-state index contributed by atoms with van der Waals surface area (Å²) in [6.07, 6.45) is 11.2. The van der Waals surface area contributed by atoms with Crippen LogP contribution in [-0.4, -0.2) is 18.0 Å². The summed E-state index contributed by atoms with van der Waals surface area (Å²) in [6, 6.07) is 3.66. The second kappa shape index (κ2) is 4.22. The number of benzene rings is 1. The van der Waals surface area contributed by atoms with Gasteiger partial charge in [-0.2, -0.15) is 0 Å². The van der Waals surface area contributed by atoms with Crippen molar-refractivity contribution in [3.63, 3.8) is 0 Å². The summed E-state index contributed by atoms with van der Waals surface area (Å²) in [5, 5.41) is 11.4. The molecule has 1 aromatic rings. The normalized spacial score (nSPS) is 33.5. The van der Waals surface area contributed by atoms with Crippen LogP contribution in [0.15, 0.2) is 36.4 Å². The Morgan fingerprint density at radius 3 is 2.05 bits per heavy atom. The smallest absolute Gasteiger partial charge is 0.270 e. The summed E-state index contributed by atoms with van der Waals surface area (Å²) in [6.45, 7) is 2.19. The molecule has 5 rings (SSSR count). The molecule has 0 unspecified atom stereocenters. The van der Waals surface area contributed by atoms with Gasteiger partial charge >= 0.3 is 0 Å². The number of anilines is 1. The molecule has 0 radical (unpaired) electrons. The number of nitro groups is 1. The zero-order valence-corrected chi connectivity index (χ0v) is 12.3. The zero-order chi connectivity index (χ0) is 14.8. The lowest BCUT2D eigenvalue weighted by atomic mass is 9.75. The van der Waals surface area contributed by atoms with Crippen LogP contribution in [0, 0.1) is 22.0 Å². The first-order chi connectivity index (χ1) is 10.7. The number of hydrogen-bond acceptors (Lipinski definition) is 3. The largest absolute Gasteiger partial charge is 0.370 e. The van der Waals surface area contributed by atoms with Gasteiger partial charge < -0.3 is 4.90 Å². The third-order valence-corrected chi connectivity index (χ3v) is 5.89. The average Bonchev–Trinajstić information content (AvgIpc) is 3.15. The lowest BCUT2D eigenvalue weighted by molar-refractivity contribution is -0.385. The van der Waals surface area contributed by atoms with Crippen LogP contribution < -0.4 is 4.90 Å². The van der Waals surface area contributed by atoms with Gasteiger partial charge in [0.1, 0.15) is 0 Å². The maximum Gasteiger partial charge on any atom is 0.270 e. The molecule has 0 spiro atoms. The molecular weight excluding hydrogens is 276 g/mol. The number of non-ortho nitro benzene ring substituents is 1. The van der Waals surface area contributed by atoms with E-state index in [1.54, 1.807) is 0 Å². The Labute approximate surface area is 129 Å². The Morgan fingerprint density at radius 1 is 1.00 bits per heavy atom. The van der Waals surface area contributed by atoms with E-state index in [1.807, 2.05) is 12.1 Å². The minimum Gasteiger partial charge on any atom is -0.370 e. The highest BCUT2D eigenvalue weighted by Gasteiger charge is 2.43. The molecule has 2 aliphatic carbocycles. The molecule has 112 valence electrons. The molecule has 0 fully saturated rings. The number of nitro benzene ring substituents is 1. The van der Waals surface area contributed by atoms with Gasteiger partial charge in [0.2, 0.25) is 0 Å². The fraction of sp³-hybridized carbons (Fsp3) is 0.444. The van der Waals surface area contributed by atoms with Crippen LogP contribution in [0.25, 0.3) is 0 Å². The van der Waals surface area contributed by atoms with Crippen molar-refractivity contribution in [3.8, 4) is 0 Å². The molecule has 4 nitrogen and oxygen atoms in total. The van der Waals surface area contributed by atoms with Gasteiger partial charge in [-0.05, 0) is 35.8 Å². The van der Waals surface area contributed by atoms with E-state index < -0.39 is 0 Å². The number of allylic oxidation sites excluding steroid dienone is 4. The predicted molar refractivity (Wildman–Crippen MR) is 85.3 cm³/mol. The van der Waals surface area contributed by atoms with Gasteiger partial charge in [-0.1, -0.05) is 24.3 Å². The molecule has 0 aromatic heterocycles. The van der Waals surface area contributed by atoms with Gasteiger partial charge in [-0.3, -0.25) is 10.1 Å². The molecule has 0 amide bonds. The van der Waals surface area contributed by atoms with E-state index in [9.17, 15) is 10.1 Å². The minimum absolute atomic E-state index is 0.230. The summed E-state index contributed by atoms with van der Waals surface area (Å²) >= 11 is 0. The molecular formula is C18H18N2O2. The van der Waals surface area contributed by atoms with Gasteiger partial charge in [-0.15, -0.1) is 0 Å². The monoisotopic (exact) mass is 294 g/mol. The number of rotatable bonds is 1. The fourth-order valence-corrected chi connectivity index (χ4v) is 4.96. The van der Waals surface area contributed by atoms with Crippen molar-refractivity contribution in [2.75, 3.05) is 18.0 Å². The van der Waals surface area contributed by atoms with E-state index >= 15 is 0 Å². The van der Waals surface area contributed by atoms with Crippen LogP contribution in [0.2, 0.25) is 0 Å². The second-order valence-corrected chi connectivity index (χ2v) is 7.03. The highest BCUT2D eigenvalue weighted by Crippen LogP contribution is 2.53.